The molecular weight excluding hydrogens is 1170 g/mol. The van der Waals surface area contributed by atoms with Crippen molar-refractivity contribution in [1.82, 2.24) is 0 Å². The van der Waals surface area contributed by atoms with Gasteiger partial charge in [-0.25, -0.2) is 0 Å². The number of hydrogen-bond donors (Lipinski definition) is 14. The van der Waals surface area contributed by atoms with Crippen LogP contribution in [-0.4, -0.2) is 331 Å². The Balaban J connectivity index is 1.23. The molecule has 30 atom stereocenters. The highest BCUT2D eigenvalue weighted by molar-refractivity contribution is 5.68. The zero-order valence-electron chi connectivity index (χ0n) is 46.2. The largest absolute Gasteiger partial charge is 0.457 e. The summed E-state index contributed by atoms with van der Waals surface area (Å²) >= 11 is 0. The summed E-state index contributed by atoms with van der Waals surface area (Å²) in [7, 11) is 0. The Kier molecular flexibility index (Phi) is 25.4. The highest BCUT2D eigenvalue weighted by atomic mass is 16.8. The number of carbonyl (C=O) groups is 6. The van der Waals surface area contributed by atoms with Gasteiger partial charge in [0.2, 0.25) is 0 Å². The lowest BCUT2D eigenvalue weighted by Crippen LogP contribution is -2.69. The van der Waals surface area contributed by atoms with Crippen molar-refractivity contribution in [1.29, 1.82) is 0 Å². The number of ether oxygens (including phenoxy) is 17. The summed E-state index contributed by atoms with van der Waals surface area (Å²) in [5, 5.41) is 152. The monoisotopic (exact) mass is 1240 g/mol. The predicted molar refractivity (Wildman–Crippen MR) is 256 cm³/mol. The molecule has 0 bridgehead atoms. The van der Waals surface area contributed by atoms with E-state index in [9.17, 15) is 100 Å². The molecule has 6 rings (SSSR count). The predicted octanol–water partition coefficient (Wildman–Crippen LogP) is -10.7. The van der Waals surface area contributed by atoms with Crippen molar-refractivity contribution in [2.45, 2.75) is 226 Å². The summed E-state index contributed by atoms with van der Waals surface area (Å²) in [5.41, 5.74) is 0. The van der Waals surface area contributed by atoms with Crippen molar-refractivity contribution >= 4 is 35.8 Å². The summed E-state index contributed by atoms with van der Waals surface area (Å²) in [6.07, 6.45) is -58.5. The molecule has 6 aliphatic heterocycles. The molecule has 37 heteroatoms. The van der Waals surface area contributed by atoms with E-state index < -0.39 is 260 Å². The number of aliphatic hydroxyl groups excluding tert-OH is 14. The molecule has 0 spiro atoms. The Morgan fingerprint density at radius 3 is 0.671 bits per heavy atom. The van der Waals surface area contributed by atoms with Gasteiger partial charge in [0.1, 0.15) is 110 Å². The maximum atomic E-state index is 12.7. The van der Waals surface area contributed by atoms with Gasteiger partial charge in [-0.15, -0.1) is 0 Å². The van der Waals surface area contributed by atoms with Crippen LogP contribution in [0.4, 0.5) is 0 Å². The van der Waals surface area contributed by atoms with Gasteiger partial charge in [0.25, 0.3) is 0 Å². The van der Waals surface area contributed by atoms with Gasteiger partial charge in [-0.05, 0) is 0 Å². The first kappa shape index (κ1) is 69.9. The van der Waals surface area contributed by atoms with Gasteiger partial charge in [-0.3, -0.25) is 28.8 Å². The summed E-state index contributed by atoms with van der Waals surface area (Å²) in [4.78, 5) is 74.3. The molecule has 6 fully saturated rings. The van der Waals surface area contributed by atoms with Gasteiger partial charge in [0.05, 0.1) is 39.6 Å². The minimum absolute atomic E-state index is 0.874. The van der Waals surface area contributed by atoms with E-state index in [1.165, 1.54) is 0 Å². The average Bonchev–Trinajstić information content (AvgIpc) is 1.78. The van der Waals surface area contributed by atoms with E-state index in [1.54, 1.807) is 0 Å². The maximum absolute atomic E-state index is 12.7. The molecule has 0 aromatic heterocycles. The van der Waals surface area contributed by atoms with E-state index >= 15 is 0 Å². The topological polar surface area (TPSA) is 543 Å². The van der Waals surface area contributed by atoms with Crippen molar-refractivity contribution in [2.75, 3.05) is 39.6 Å². The van der Waals surface area contributed by atoms with Crippen LogP contribution in [0.15, 0.2) is 0 Å². The van der Waals surface area contributed by atoms with E-state index in [0.717, 1.165) is 41.5 Å². The van der Waals surface area contributed by atoms with Crippen LogP contribution in [0.1, 0.15) is 41.5 Å². The normalized spacial score (nSPS) is 44.0. The first-order valence-corrected chi connectivity index (χ1v) is 26.5. The van der Waals surface area contributed by atoms with Crippen molar-refractivity contribution in [2.24, 2.45) is 0 Å². The van der Waals surface area contributed by atoms with Gasteiger partial charge in [-0.1, -0.05) is 0 Å². The highest BCUT2D eigenvalue weighted by Crippen LogP contribution is 2.39. The zero-order valence-corrected chi connectivity index (χ0v) is 46.2. The van der Waals surface area contributed by atoms with Crippen LogP contribution in [0.2, 0.25) is 0 Å². The third-order valence-electron chi connectivity index (χ3n) is 14.1. The highest BCUT2D eigenvalue weighted by Gasteiger charge is 2.60. The minimum Gasteiger partial charge on any atom is -0.457 e. The summed E-state index contributed by atoms with van der Waals surface area (Å²) in [6.45, 7) is -0.794. The molecular formula is C48H74O37. The summed E-state index contributed by atoms with van der Waals surface area (Å²) < 4.78 is 95.4. The molecule has 0 radical (unpaired) electrons. The van der Waals surface area contributed by atoms with Crippen LogP contribution in [-0.2, 0) is 109 Å². The third-order valence-corrected chi connectivity index (χ3v) is 14.1. The van der Waals surface area contributed by atoms with E-state index in [-0.39, 0.29) is 0 Å². The molecule has 6 heterocycles. The second kappa shape index (κ2) is 30.8. The first-order chi connectivity index (χ1) is 40.1. The molecule has 6 saturated heterocycles. The third kappa shape index (κ3) is 16.4. The van der Waals surface area contributed by atoms with Crippen LogP contribution in [0.25, 0.3) is 0 Å². The standard InChI is InChI=1S/C48H74O37/c1-13(55)69-37-25(61)19(7-49)76-44(27(37)63)82-33-21(9-51)78-46(29(65)39(33)71-15(3)57)84-35-23(11-53)80-48(31(67)41(35)73-17(5)59)85-36-24(12-54)79-47(30(66)42(36)74-18(6)60)83-34-22(10-52)77-45(28(64)40(34)72-16(4)58)81-32-20(8-50)75-43(68)26(62)38(32)70-14(2)56/h19-54,61-68H,7-12H2,1-6H3/t19?,20?,21?,22?,23?,24?,25?,26-,27-,28-,29-,30-,31-,32-,33-,34?,35?,36-,37-,38+,39+,40+,41+,42+,43+,44?,45?,46-,47-,48?/m0/s1. The fraction of sp³-hybridized carbons (Fsp3) is 0.875. The summed E-state index contributed by atoms with van der Waals surface area (Å²) in [5.74, 6) is -6.40. The van der Waals surface area contributed by atoms with Crippen molar-refractivity contribution in [3.63, 3.8) is 0 Å². The van der Waals surface area contributed by atoms with Crippen LogP contribution < -0.4 is 0 Å². The molecule has 0 aromatic carbocycles. The Labute approximate surface area is 481 Å². The van der Waals surface area contributed by atoms with Gasteiger partial charge in [-0.2, -0.15) is 0 Å². The van der Waals surface area contributed by atoms with Gasteiger partial charge in [0, 0.05) is 41.5 Å². The SMILES string of the molecule is CC(=O)O[C@@H]1[C@H](O)[C@H](OC2C(CO)OC(O[C@H]3C(CO)O[C@@H](OC4C(CO)OC(O[C@H]5C(CO)O[C@@H](O)[C@@H](O)[C@H]5OC(C)=O)[C@@H](O)[C@H]4OC(C)=O)[C@@H](O)[C@H]3OC(C)=O)[C@@H](O)[C@H]2OC(C)=O)OC(CO)[C@@H]1OC1OC(CO)C(O)[C@H](OC(C)=O)[C@@H]1O. The molecule has 6 aliphatic rings. The Hall–Kier alpha value is -4.18. The Morgan fingerprint density at radius 2 is 0.447 bits per heavy atom. The second-order valence-corrected chi connectivity index (χ2v) is 20.3. The molecule has 0 aromatic rings. The molecule has 0 amide bonds. The smallest absolute Gasteiger partial charge is 0.303 e. The van der Waals surface area contributed by atoms with Gasteiger partial charge in [0.15, 0.2) is 74.4 Å². The molecule has 0 saturated carbocycles. The zero-order chi connectivity index (χ0) is 63.0. The molecule has 85 heavy (non-hydrogen) atoms. The maximum Gasteiger partial charge on any atom is 0.303 e. The Morgan fingerprint density at radius 1 is 0.259 bits per heavy atom. The number of esters is 6. The van der Waals surface area contributed by atoms with Crippen LogP contribution in [0, 0.1) is 0 Å². The fourth-order valence-electron chi connectivity index (χ4n) is 10.4. The van der Waals surface area contributed by atoms with Crippen molar-refractivity contribution in [3.8, 4) is 0 Å². The van der Waals surface area contributed by atoms with Crippen LogP contribution in [0.5, 0.6) is 0 Å². The van der Waals surface area contributed by atoms with Gasteiger partial charge >= 0.3 is 35.8 Å². The van der Waals surface area contributed by atoms with E-state index in [4.69, 9.17) is 80.5 Å². The molecule has 37 nitrogen and oxygen atoms in total. The van der Waals surface area contributed by atoms with Crippen LogP contribution in [0.3, 0.4) is 0 Å². The number of carbonyl (C=O) groups excluding carboxylic acids is 6. The van der Waals surface area contributed by atoms with E-state index in [0.29, 0.717) is 0 Å². The number of hydrogen-bond acceptors (Lipinski definition) is 37. The quantitative estimate of drug-likeness (QED) is 0.0354. The van der Waals surface area contributed by atoms with Crippen molar-refractivity contribution in [3.05, 3.63) is 0 Å². The Bertz CT molecular complexity index is 2210. The van der Waals surface area contributed by atoms with Crippen LogP contribution >= 0.6 is 0 Å². The fourth-order valence-corrected chi connectivity index (χ4v) is 10.4. The first-order valence-electron chi connectivity index (χ1n) is 26.5. The number of aliphatic hydroxyl groups is 14. The van der Waals surface area contributed by atoms with Crippen molar-refractivity contribution < 1.29 is 181 Å². The van der Waals surface area contributed by atoms with Gasteiger partial charge < -0.3 is 152 Å². The summed E-state index contributed by atoms with van der Waals surface area (Å²) in [6, 6.07) is 0. The molecule has 0 aliphatic carbocycles. The molecule has 14 N–H and O–H groups in total. The molecule has 12 unspecified atom stereocenters. The lowest BCUT2D eigenvalue weighted by Gasteiger charge is -2.50. The molecule has 488 valence electrons. The average molecular weight is 1240 g/mol. The number of rotatable bonds is 22. The lowest BCUT2D eigenvalue weighted by molar-refractivity contribution is -0.396. The minimum atomic E-state index is -2.28. The van der Waals surface area contributed by atoms with E-state index in [1.807, 2.05) is 0 Å². The second-order valence-electron chi connectivity index (χ2n) is 20.3. The van der Waals surface area contributed by atoms with E-state index in [2.05, 4.69) is 0 Å². The lowest BCUT2D eigenvalue weighted by atomic mass is 9.94.